The van der Waals surface area contributed by atoms with Crippen molar-refractivity contribution in [2.45, 2.75) is 26.8 Å². The lowest BCUT2D eigenvalue weighted by atomic mass is 10.1. The van der Waals surface area contributed by atoms with Gasteiger partial charge >= 0.3 is 0 Å². The van der Waals surface area contributed by atoms with Crippen molar-refractivity contribution >= 4 is 17.5 Å². The first-order valence-corrected chi connectivity index (χ1v) is 8.51. The molecule has 0 aliphatic heterocycles. The molecule has 0 aromatic heterocycles. The highest BCUT2D eigenvalue weighted by atomic mass is 16.5. The first-order chi connectivity index (χ1) is 12.9. The normalized spacial score (nSPS) is 11.2. The summed E-state index contributed by atoms with van der Waals surface area (Å²) in [5.74, 6) is -0.321. The largest absolute Gasteiger partial charge is 0.493 e. The van der Waals surface area contributed by atoms with Gasteiger partial charge in [-0.05, 0) is 31.5 Å². The maximum absolute atomic E-state index is 12.5. The molecule has 7 heteroatoms. The van der Waals surface area contributed by atoms with Gasteiger partial charge in [0.15, 0.2) is 0 Å². The van der Waals surface area contributed by atoms with E-state index in [1.54, 1.807) is 25.1 Å². The lowest BCUT2D eigenvalue weighted by Crippen LogP contribution is -2.39. The molecule has 0 heterocycles. The summed E-state index contributed by atoms with van der Waals surface area (Å²) in [6, 6.07) is 13.6. The van der Waals surface area contributed by atoms with Gasteiger partial charge in [0.2, 0.25) is 5.91 Å². The SMILES string of the molecule is CCOc1cc(NC(C)=O)ccc1C(=O)NNC(C#N)c1ccc(C)cc1. The van der Waals surface area contributed by atoms with E-state index in [9.17, 15) is 14.9 Å². The van der Waals surface area contributed by atoms with Crippen LogP contribution in [0.4, 0.5) is 5.69 Å². The second-order valence-corrected chi connectivity index (χ2v) is 5.90. The monoisotopic (exact) mass is 366 g/mol. The van der Waals surface area contributed by atoms with Crippen LogP contribution in [0.5, 0.6) is 5.75 Å². The fourth-order valence-electron chi connectivity index (χ4n) is 2.42. The van der Waals surface area contributed by atoms with E-state index in [0.717, 1.165) is 11.1 Å². The number of hydrazine groups is 1. The average Bonchev–Trinajstić information content (AvgIpc) is 2.63. The molecule has 0 spiro atoms. The number of carbonyl (C=O) groups excluding carboxylic acids is 2. The number of rotatable bonds is 7. The van der Waals surface area contributed by atoms with Crippen LogP contribution in [0.25, 0.3) is 0 Å². The highest BCUT2D eigenvalue weighted by Gasteiger charge is 2.16. The first kappa shape index (κ1) is 19.9. The number of nitrogens with one attached hydrogen (secondary N) is 3. The molecule has 0 radical (unpaired) electrons. The van der Waals surface area contributed by atoms with Gasteiger partial charge in [0, 0.05) is 18.7 Å². The van der Waals surface area contributed by atoms with Crippen LogP contribution in [-0.2, 0) is 4.79 Å². The van der Waals surface area contributed by atoms with Crippen molar-refractivity contribution in [3.63, 3.8) is 0 Å². The molecule has 2 aromatic carbocycles. The second-order valence-electron chi connectivity index (χ2n) is 5.90. The van der Waals surface area contributed by atoms with Gasteiger partial charge in [-0.2, -0.15) is 5.26 Å². The van der Waals surface area contributed by atoms with Crippen LogP contribution >= 0.6 is 0 Å². The number of carbonyl (C=O) groups is 2. The molecule has 7 nitrogen and oxygen atoms in total. The molecule has 0 aliphatic carbocycles. The molecular weight excluding hydrogens is 344 g/mol. The third-order valence-electron chi connectivity index (χ3n) is 3.72. The van der Waals surface area contributed by atoms with Crippen molar-refractivity contribution in [1.29, 1.82) is 5.26 Å². The molecule has 0 saturated carbocycles. The Balaban J connectivity index is 2.13. The Bertz CT molecular complexity index is 857. The van der Waals surface area contributed by atoms with Crippen LogP contribution in [0.3, 0.4) is 0 Å². The quantitative estimate of drug-likeness (QED) is 0.654. The van der Waals surface area contributed by atoms with Crippen molar-refractivity contribution < 1.29 is 14.3 Å². The van der Waals surface area contributed by atoms with E-state index in [0.29, 0.717) is 23.6 Å². The van der Waals surface area contributed by atoms with Crippen LogP contribution in [0, 0.1) is 18.3 Å². The van der Waals surface area contributed by atoms with Gasteiger partial charge in [0.05, 0.1) is 18.2 Å². The number of hydrogen-bond acceptors (Lipinski definition) is 5. The van der Waals surface area contributed by atoms with Crippen molar-refractivity contribution in [1.82, 2.24) is 10.9 Å². The average molecular weight is 366 g/mol. The minimum absolute atomic E-state index is 0.216. The Labute approximate surface area is 158 Å². The summed E-state index contributed by atoms with van der Waals surface area (Å²) >= 11 is 0. The summed E-state index contributed by atoms with van der Waals surface area (Å²) in [4.78, 5) is 23.7. The highest BCUT2D eigenvalue weighted by Crippen LogP contribution is 2.24. The molecular formula is C20H22N4O3. The smallest absolute Gasteiger partial charge is 0.269 e. The third-order valence-corrected chi connectivity index (χ3v) is 3.72. The van der Waals surface area contributed by atoms with Crippen molar-refractivity contribution in [2.24, 2.45) is 0 Å². The number of anilines is 1. The number of nitrogens with zero attached hydrogens (tertiary/aromatic N) is 1. The van der Waals surface area contributed by atoms with Crippen LogP contribution < -0.4 is 20.9 Å². The zero-order valence-electron chi connectivity index (χ0n) is 15.5. The lowest BCUT2D eigenvalue weighted by molar-refractivity contribution is -0.114. The van der Waals surface area contributed by atoms with Crippen LogP contribution in [0.15, 0.2) is 42.5 Å². The molecule has 0 fully saturated rings. The van der Waals surface area contributed by atoms with E-state index in [4.69, 9.17) is 4.74 Å². The van der Waals surface area contributed by atoms with Gasteiger partial charge < -0.3 is 10.1 Å². The van der Waals surface area contributed by atoms with E-state index >= 15 is 0 Å². The Hall–Kier alpha value is -3.37. The first-order valence-electron chi connectivity index (χ1n) is 8.51. The molecule has 0 aliphatic rings. The molecule has 27 heavy (non-hydrogen) atoms. The molecule has 2 aromatic rings. The van der Waals surface area contributed by atoms with Crippen molar-refractivity contribution in [2.75, 3.05) is 11.9 Å². The number of aryl methyl sites for hydroxylation is 1. The van der Waals surface area contributed by atoms with E-state index < -0.39 is 11.9 Å². The summed E-state index contributed by atoms with van der Waals surface area (Å²) in [5.41, 5.74) is 7.93. The van der Waals surface area contributed by atoms with Gasteiger partial charge in [-0.25, -0.2) is 5.43 Å². The van der Waals surface area contributed by atoms with Crippen molar-refractivity contribution in [3.05, 3.63) is 59.2 Å². The predicted octanol–water partition coefficient (Wildman–Crippen LogP) is 2.85. The Kier molecular flexibility index (Phi) is 6.92. The van der Waals surface area contributed by atoms with Gasteiger partial charge in [-0.15, -0.1) is 0 Å². The number of amides is 2. The van der Waals surface area contributed by atoms with E-state index in [1.807, 2.05) is 31.2 Å². The van der Waals surface area contributed by atoms with E-state index in [-0.39, 0.29) is 5.91 Å². The molecule has 1 unspecified atom stereocenters. The van der Waals surface area contributed by atoms with Gasteiger partial charge in [0.1, 0.15) is 11.8 Å². The summed E-state index contributed by atoms with van der Waals surface area (Å²) < 4.78 is 5.51. The third kappa shape index (κ3) is 5.56. The Morgan fingerprint density at radius 1 is 1.19 bits per heavy atom. The number of benzene rings is 2. The standard InChI is InChI=1S/C20H22N4O3/c1-4-27-19-11-16(22-14(3)25)9-10-17(19)20(26)24-23-18(12-21)15-7-5-13(2)6-8-15/h5-11,18,23H,4H2,1-3H3,(H,22,25)(H,24,26). The summed E-state index contributed by atoms with van der Waals surface area (Å²) in [6.45, 7) is 5.52. The fraction of sp³-hybridized carbons (Fsp3) is 0.250. The summed E-state index contributed by atoms with van der Waals surface area (Å²) in [5, 5.41) is 12.0. The fourth-order valence-corrected chi connectivity index (χ4v) is 2.42. The summed E-state index contributed by atoms with van der Waals surface area (Å²) in [6.07, 6.45) is 0. The Morgan fingerprint density at radius 2 is 1.89 bits per heavy atom. The molecule has 3 N–H and O–H groups in total. The van der Waals surface area contributed by atoms with Crippen molar-refractivity contribution in [3.8, 4) is 11.8 Å². The van der Waals surface area contributed by atoms with Gasteiger partial charge in [0.25, 0.3) is 5.91 Å². The van der Waals surface area contributed by atoms with Gasteiger partial charge in [-0.3, -0.25) is 15.0 Å². The molecule has 140 valence electrons. The van der Waals surface area contributed by atoms with Crippen LogP contribution in [-0.4, -0.2) is 18.4 Å². The van der Waals surface area contributed by atoms with Crippen LogP contribution in [0.2, 0.25) is 0 Å². The van der Waals surface area contributed by atoms with E-state index in [2.05, 4.69) is 22.2 Å². The second kappa shape index (κ2) is 9.36. The maximum Gasteiger partial charge on any atom is 0.269 e. The highest BCUT2D eigenvalue weighted by molar-refractivity contribution is 5.98. The minimum Gasteiger partial charge on any atom is -0.493 e. The Morgan fingerprint density at radius 3 is 2.48 bits per heavy atom. The number of nitriles is 1. The topological polar surface area (TPSA) is 103 Å². The molecule has 0 saturated heterocycles. The minimum atomic E-state index is -0.691. The predicted molar refractivity (Wildman–Crippen MR) is 102 cm³/mol. The van der Waals surface area contributed by atoms with E-state index in [1.165, 1.54) is 6.92 Å². The number of ether oxygens (including phenoxy) is 1. The lowest BCUT2D eigenvalue weighted by Gasteiger charge is -2.15. The van der Waals surface area contributed by atoms with Crippen LogP contribution in [0.1, 0.15) is 41.4 Å². The molecule has 2 rings (SSSR count). The van der Waals surface area contributed by atoms with Gasteiger partial charge in [-0.1, -0.05) is 29.8 Å². The molecule has 0 bridgehead atoms. The molecule has 2 amide bonds. The number of hydrogen-bond donors (Lipinski definition) is 3. The maximum atomic E-state index is 12.5. The summed E-state index contributed by atoms with van der Waals surface area (Å²) in [7, 11) is 0. The zero-order chi connectivity index (χ0) is 19.8. The zero-order valence-corrected chi connectivity index (χ0v) is 15.5. The molecule has 1 atom stereocenters.